The maximum Gasteiger partial charge on any atom is 0.370 e. The standard InChI is InChI=1S/C16H14O10/c17-8-3-1-7(5-9(8)18)2-4-12(19)25-10-6-11(15(21)22)26-14(13(10)20)16(23)24/h1-6,10,13-14,17-18,20H,(H,21,22)(H,23,24)/t10-,13+,14+/m0/s1. The largest absolute Gasteiger partial charge is 0.504 e. The summed E-state index contributed by atoms with van der Waals surface area (Å²) >= 11 is 0. The van der Waals surface area contributed by atoms with Crippen LogP contribution in [0.1, 0.15) is 5.56 Å². The van der Waals surface area contributed by atoms with Crippen molar-refractivity contribution in [2.75, 3.05) is 0 Å². The second-order valence-electron chi connectivity index (χ2n) is 5.19. The van der Waals surface area contributed by atoms with E-state index in [1.165, 1.54) is 24.3 Å². The molecule has 0 bridgehead atoms. The summed E-state index contributed by atoms with van der Waals surface area (Å²) in [4.78, 5) is 33.8. The predicted octanol–water partition coefficient (Wildman–Crippen LogP) is -0.164. The summed E-state index contributed by atoms with van der Waals surface area (Å²) < 4.78 is 9.51. The molecular formula is C16H14O10. The number of carboxylic acids is 2. The number of aliphatic hydroxyl groups excluding tert-OH is 1. The van der Waals surface area contributed by atoms with E-state index in [1.807, 2.05) is 0 Å². The predicted molar refractivity (Wildman–Crippen MR) is 82.9 cm³/mol. The van der Waals surface area contributed by atoms with Gasteiger partial charge in [0.25, 0.3) is 0 Å². The second kappa shape index (κ2) is 7.57. The Labute approximate surface area is 145 Å². The Morgan fingerprint density at radius 2 is 1.81 bits per heavy atom. The first-order valence-electron chi connectivity index (χ1n) is 7.12. The average Bonchev–Trinajstić information content (AvgIpc) is 2.57. The normalized spacial score (nSPS) is 22.3. The van der Waals surface area contributed by atoms with Crippen molar-refractivity contribution in [1.29, 1.82) is 0 Å². The molecule has 1 aliphatic heterocycles. The summed E-state index contributed by atoms with van der Waals surface area (Å²) in [5, 5.41) is 46.3. The van der Waals surface area contributed by atoms with Gasteiger partial charge < -0.3 is 35.0 Å². The van der Waals surface area contributed by atoms with Crippen LogP contribution in [-0.2, 0) is 23.9 Å². The molecule has 10 nitrogen and oxygen atoms in total. The third-order valence-corrected chi connectivity index (χ3v) is 3.33. The van der Waals surface area contributed by atoms with E-state index in [1.54, 1.807) is 0 Å². The van der Waals surface area contributed by atoms with Crippen molar-refractivity contribution in [1.82, 2.24) is 0 Å². The molecule has 0 amide bonds. The number of hydrogen-bond acceptors (Lipinski definition) is 8. The van der Waals surface area contributed by atoms with Gasteiger partial charge in [-0.15, -0.1) is 0 Å². The Morgan fingerprint density at radius 3 is 2.38 bits per heavy atom. The summed E-state index contributed by atoms with van der Waals surface area (Å²) in [6, 6.07) is 3.76. The molecule has 5 N–H and O–H groups in total. The highest BCUT2D eigenvalue weighted by Gasteiger charge is 2.41. The number of esters is 1. The zero-order valence-corrected chi connectivity index (χ0v) is 13.0. The molecule has 1 aromatic rings. The van der Waals surface area contributed by atoms with E-state index in [0.717, 1.165) is 12.2 Å². The lowest BCUT2D eigenvalue weighted by atomic mass is 10.0. The van der Waals surface area contributed by atoms with Gasteiger partial charge in [-0.05, 0) is 23.8 Å². The summed E-state index contributed by atoms with van der Waals surface area (Å²) in [5.74, 6) is -5.73. The number of aliphatic carboxylic acids is 2. The first-order valence-corrected chi connectivity index (χ1v) is 7.12. The Kier molecular flexibility index (Phi) is 5.48. The lowest BCUT2D eigenvalue weighted by Crippen LogP contribution is -2.48. The van der Waals surface area contributed by atoms with Gasteiger partial charge in [0.05, 0.1) is 0 Å². The number of hydrogen-bond donors (Lipinski definition) is 5. The van der Waals surface area contributed by atoms with Crippen LogP contribution >= 0.6 is 0 Å². The summed E-state index contributed by atoms with van der Waals surface area (Å²) in [5.41, 5.74) is 0.343. The fourth-order valence-electron chi connectivity index (χ4n) is 2.07. The molecule has 2 rings (SSSR count). The molecule has 26 heavy (non-hydrogen) atoms. The molecule has 0 spiro atoms. The maximum absolute atomic E-state index is 11.8. The third-order valence-electron chi connectivity index (χ3n) is 3.33. The summed E-state index contributed by atoms with van der Waals surface area (Å²) in [7, 11) is 0. The minimum atomic E-state index is -1.91. The van der Waals surface area contributed by atoms with Gasteiger partial charge >= 0.3 is 17.9 Å². The topological polar surface area (TPSA) is 171 Å². The van der Waals surface area contributed by atoms with Gasteiger partial charge in [0, 0.05) is 12.2 Å². The highest BCUT2D eigenvalue weighted by atomic mass is 16.6. The van der Waals surface area contributed by atoms with Crippen LogP contribution in [0.4, 0.5) is 0 Å². The van der Waals surface area contributed by atoms with E-state index in [9.17, 15) is 29.7 Å². The first-order chi connectivity index (χ1) is 12.2. The highest BCUT2D eigenvalue weighted by Crippen LogP contribution is 2.25. The van der Waals surface area contributed by atoms with Gasteiger partial charge in [-0.1, -0.05) is 6.07 Å². The minimum Gasteiger partial charge on any atom is -0.504 e. The zero-order chi connectivity index (χ0) is 19.4. The van der Waals surface area contributed by atoms with Crippen LogP contribution in [0.25, 0.3) is 6.08 Å². The molecule has 0 fully saturated rings. The van der Waals surface area contributed by atoms with Crippen LogP contribution in [0.3, 0.4) is 0 Å². The molecule has 1 aliphatic rings. The Balaban J connectivity index is 2.13. The van der Waals surface area contributed by atoms with Gasteiger partial charge in [0.15, 0.2) is 17.6 Å². The third kappa shape index (κ3) is 4.30. The van der Waals surface area contributed by atoms with Crippen molar-refractivity contribution in [3.05, 3.63) is 41.7 Å². The molecule has 0 saturated heterocycles. The van der Waals surface area contributed by atoms with Crippen LogP contribution in [0, 0.1) is 0 Å². The van der Waals surface area contributed by atoms with Crippen molar-refractivity contribution in [2.45, 2.75) is 18.3 Å². The number of carbonyl (C=O) groups excluding carboxylic acids is 1. The van der Waals surface area contributed by atoms with Gasteiger partial charge in [0.2, 0.25) is 11.9 Å². The van der Waals surface area contributed by atoms with Crippen LogP contribution in [0.2, 0.25) is 0 Å². The van der Waals surface area contributed by atoms with Gasteiger partial charge in [-0.2, -0.15) is 0 Å². The molecule has 0 radical (unpaired) electrons. The van der Waals surface area contributed by atoms with Gasteiger partial charge in [-0.3, -0.25) is 0 Å². The lowest BCUT2D eigenvalue weighted by Gasteiger charge is -2.30. The molecule has 0 aliphatic carbocycles. The minimum absolute atomic E-state index is 0.343. The van der Waals surface area contributed by atoms with Crippen LogP contribution < -0.4 is 0 Å². The van der Waals surface area contributed by atoms with E-state index in [0.29, 0.717) is 5.56 Å². The molecule has 1 heterocycles. The van der Waals surface area contributed by atoms with E-state index in [-0.39, 0.29) is 5.75 Å². The number of benzene rings is 1. The number of phenols is 2. The van der Waals surface area contributed by atoms with Crippen molar-refractivity contribution in [3.63, 3.8) is 0 Å². The van der Waals surface area contributed by atoms with Crippen LogP contribution in [-0.4, -0.2) is 61.8 Å². The van der Waals surface area contributed by atoms with Crippen molar-refractivity contribution in [2.24, 2.45) is 0 Å². The summed E-state index contributed by atoms with van der Waals surface area (Å²) in [6.45, 7) is 0. The number of carboxylic acid groups (broad SMARTS) is 2. The number of aliphatic hydroxyl groups is 1. The van der Waals surface area contributed by atoms with Crippen molar-refractivity contribution in [3.8, 4) is 11.5 Å². The van der Waals surface area contributed by atoms with Crippen LogP contribution in [0.5, 0.6) is 11.5 Å². The molecule has 1 aromatic carbocycles. The monoisotopic (exact) mass is 366 g/mol. The Morgan fingerprint density at radius 1 is 1.12 bits per heavy atom. The number of rotatable bonds is 5. The van der Waals surface area contributed by atoms with Gasteiger partial charge in [-0.25, -0.2) is 14.4 Å². The fourth-order valence-corrected chi connectivity index (χ4v) is 2.07. The van der Waals surface area contributed by atoms with Crippen molar-refractivity contribution >= 4 is 24.0 Å². The number of aromatic hydroxyl groups is 2. The van der Waals surface area contributed by atoms with Gasteiger partial charge in [0.1, 0.15) is 6.10 Å². The lowest BCUT2D eigenvalue weighted by molar-refractivity contribution is -0.172. The fraction of sp³-hybridized carbons (Fsp3) is 0.188. The SMILES string of the molecule is O=C(C=Cc1ccc(O)c(O)c1)O[C@H]1C=C(C(=O)O)O[C@@H](C(=O)O)[C@@H]1O. The Hall–Kier alpha value is -3.53. The number of carbonyl (C=O) groups is 3. The smallest absolute Gasteiger partial charge is 0.370 e. The highest BCUT2D eigenvalue weighted by molar-refractivity contribution is 5.88. The molecule has 0 aromatic heterocycles. The molecule has 3 atom stereocenters. The molecular weight excluding hydrogens is 352 g/mol. The number of ether oxygens (including phenoxy) is 2. The van der Waals surface area contributed by atoms with Crippen molar-refractivity contribution < 1.29 is 49.4 Å². The molecule has 10 heteroatoms. The van der Waals surface area contributed by atoms with E-state index in [2.05, 4.69) is 4.74 Å². The quantitative estimate of drug-likeness (QED) is 0.268. The maximum atomic E-state index is 11.8. The van der Waals surface area contributed by atoms with E-state index < -0.39 is 47.7 Å². The molecule has 138 valence electrons. The second-order valence-corrected chi connectivity index (χ2v) is 5.19. The van der Waals surface area contributed by atoms with E-state index in [4.69, 9.17) is 14.9 Å². The average molecular weight is 366 g/mol. The van der Waals surface area contributed by atoms with Crippen LogP contribution in [0.15, 0.2) is 36.1 Å². The molecule has 0 unspecified atom stereocenters. The number of phenolic OH excluding ortho intramolecular Hbond substituents is 2. The summed E-state index contributed by atoms with van der Waals surface area (Å²) in [6.07, 6.45) is -2.36. The first kappa shape index (κ1) is 18.8. The molecule has 0 saturated carbocycles. The van der Waals surface area contributed by atoms with E-state index >= 15 is 0 Å². The Bertz CT molecular complexity index is 794. The zero-order valence-electron chi connectivity index (χ0n) is 13.0.